The van der Waals surface area contributed by atoms with Crippen molar-refractivity contribution in [1.29, 1.82) is 0 Å². The van der Waals surface area contributed by atoms with E-state index in [1.165, 1.54) is 24.3 Å². The lowest BCUT2D eigenvalue weighted by Gasteiger charge is -2.36. The molecular formula is C23H19FO5. The topological polar surface area (TPSA) is 79.2 Å². The van der Waals surface area contributed by atoms with E-state index in [2.05, 4.69) is 0 Å². The Hall–Kier alpha value is -3.25. The van der Waals surface area contributed by atoms with Gasteiger partial charge in [0.05, 0.1) is 0 Å². The lowest BCUT2D eigenvalue weighted by Crippen LogP contribution is -2.43. The van der Waals surface area contributed by atoms with Crippen LogP contribution in [0.5, 0.6) is 23.0 Å². The summed E-state index contributed by atoms with van der Waals surface area (Å²) in [6.45, 7) is 0.314. The van der Waals surface area contributed by atoms with Crippen molar-refractivity contribution in [2.45, 2.75) is 24.5 Å². The average molecular weight is 394 g/mol. The van der Waals surface area contributed by atoms with Crippen molar-refractivity contribution in [1.82, 2.24) is 0 Å². The number of hydrogen-bond donors (Lipinski definition) is 3. The van der Waals surface area contributed by atoms with Gasteiger partial charge in [0, 0.05) is 24.0 Å². The molecule has 0 fully saturated rings. The minimum atomic E-state index is -1.14. The molecule has 5 nitrogen and oxygen atoms in total. The molecule has 3 N–H and O–H groups in total. The molecule has 0 amide bonds. The van der Waals surface area contributed by atoms with Crippen LogP contribution in [0.4, 0.5) is 4.39 Å². The maximum absolute atomic E-state index is 13.3. The zero-order chi connectivity index (χ0) is 20.2. The van der Waals surface area contributed by atoms with Crippen molar-refractivity contribution in [3.63, 3.8) is 0 Å². The summed E-state index contributed by atoms with van der Waals surface area (Å²) in [5.74, 6) is 0.0738. The number of fused-ring (bicyclic) bond motifs is 5. The van der Waals surface area contributed by atoms with Crippen LogP contribution in [-0.4, -0.2) is 27.5 Å². The minimum Gasteiger partial charge on any atom is -0.504 e. The Morgan fingerprint density at radius 3 is 2.69 bits per heavy atom. The van der Waals surface area contributed by atoms with Gasteiger partial charge in [-0.25, -0.2) is 4.39 Å². The zero-order valence-electron chi connectivity index (χ0n) is 15.4. The minimum absolute atomic E-state index is 0.0915. The van der Waals surface area contributed by atoms with E-state index in [-0.39, 0.29) is 36.4 Å². The first-order chi connectivity index (χ1) is 13.9. The van der Waals surface area contributed by atoms with Gasteiger partial charge in [0.25, 0.3) is 0 Å². The Morgan fingerprint density at radius 1 is 1.03 bits per heavy atom. The first-order valence-electron chi connectivity index (χ1n) is 9.34. The fourth-order valence-corrected chi connectivity index (χ4v) is 4.33. The number of hydrogen-bond acceptors (Lipinski definition) is 5. The Morgan fingerprint density at radius 2 is 1.86 bits per heavy atom. The highest BCUT2D eigenvalue weighted by Gasteiger charge is 2.50. The van der Waals surface area contributed by atoms with Crippen LogP contribution < -0.4 is 9.47 Å². The first kappa shape index (κ1) is 17.8. The molecule has 1 aliphatic heterocycles. The van der Waals surface area contributed by atoms with Crippen LogP contribution in [0, 0.1) is 5.82 Å². The summed E-state index contributed by atoms with van der Waals surface area (Å²) in [7, 11) is 0. The van der Waals surface area contributed by atoms with E-state index in [4.69, 9.17) is 9.47 Å². The third-order valence-electron chi connectivity index (χ3n) is 5.65. The van der Waals surface area contributed by atoms with E-state index >= 15 is 0 Å². The Balaban J connectivity index is 1.45. The SMILES string of the molecule is Oc1cc2c(cc1O)[C@@H]1c3ccc(OCc4cccc(F)c4)cc3OC[C@]1(O)C2. The summed E-state index contributed by atoms with van der Waals surface area (Å²) in [4.78, 5) is 0. The Labute approximate surface area is 166 Å². The first-order valence-corrected chi connectivity index (χ1v) is 9.34. The maximum atomic E-state index is 13.3. The summed E-state index contributed by atoms with van der Waals surface area (Å²) < 4.78 is 24.9. The van der Waals surface area contributed by atoms with E-state index in [9.17, 15) is 19.7 Å². The monoisotopic (exact) mass is 394 g/mol. The number of aromatic hydroxyl groups is 2. The Bertz CT molecular complexity index is 1110. The molecule has 0 unspecified atom stereocenters. The van der Waals surface area contributed by atoms with E-state index in [1.807, 2.05) is 6.07 Å². The van der Waals surface area contributed by atoms with Crippen molar-refractivity contribution < 1.29 is 29.2 Å². The third-order valence-corrected chi connectivity index (χ3v) is 5.65. The second kappa shape index (κ2) is 6.39. The van der Waals surface area contributed by atoms with Gasteiger partial charge >= 0.3 is 0 Å². The van der Waals surface area contributed by atoms with Gasteiger partial charge in [0.15, 0.2) is 11.5 Å². The highest BCUT2D eigenvalue weighted by molar-refractivity contribution is 5.58. The molecule has 1 heterocycles. The Kier molecular flexibility index (Phi) is 3.93. The smallest absolute Gasteiger partial charge is 0.157 e. The zero-order valence-corrected chi connectivity index (χ0v) is 15.4. The molecule has 1 aliphatic carbocycles. The van der Waals surface area contributed by atoms with Gasteiger partial charge in [0.2, 0.25) is 0 Å². The molecule has 0 bridgehead atoms. The summed E-state index contributed by atoms with van der Waals surface area (Å²) in [6.07, 6.45) is 0.331. The average Bonchev–Trinajstić information content (AvgIpc) is 2.98. The number of aliphatic hydroxyl groups is 1. The number of benzene rings is 3. The van der Waals surface area contributed by atoms with Crippen molar-refractivity contribution in [2.75, 3.05) is 6.61 Å². The van der Waals surface area contributed by atoms with Crippen LogP contribution in [-0.2, 0) is 13.0 Å². The normalized spacial score (nSPS) is 21.7. The number of phenols is 2. The molecule has 0 aromatic heterocycles. The highest BCUT2D eigenvalue weighted by Crippen LogP contribution is 2.53. The number of rotatable bonds is 3. The summed E-state index contributed by atoms with van der Waals surface area (Å²) >= 11 is 0. The molecular weight excluding hydrogens is 375 g/mol. The van der Waals surface area contributed by atoms with Crippen molar-refractivity contribution in [3.8, 4) is 23.0 Å². The molecule has 0 saturated heterocycles. The summed E-state index contributed by atoms with van der Waals surface area (Å²) in [6, 6.07) is 14.6. The third kappa shape index (κ3) is 2.96. The van der Waals surface area contributed by atoms with Crippen LogP contribution in [0.1, 0.15) is 28.2 Å². The van der Waals surface area contributed by atoms with E-state index in [0.717, 1.165) is 22.3 Å². The lowest BCUT2D eigenvalue weighted by molar-refractivity contribution is -0.0219. The predicted molar refractivity (Wildman–Crippen MR) is 103 cm³/mol. The molecule has 0 spiro atoms. The number of ether oxygens (including phenoxy) is 2. The molecule has 3 aromatic rings. The van der Waals surface area contributed by atoms with Crippen LogP contribution in [0.15, 0.2) is 54.6 Å². The molecule has 29 heavy (non-hydrogen) atoms. The molecule has 148 valence electrons. The van der Waals surface area contributed by atoms with Crippen LogP contribution in [0.25, 0.3) is 0 Å². The summed E-state index contributed by atoms with van der Waals surface area (Å²) in [5, 5.41) is 30.9. The molecule has 2 atom stereocenters. The van der Waals surface area contributed by atoms with Gasteiger partial charge in [-0.1, -0.05) is 18.2 Å². The molecule has 2 aliphatic rings. The van der Waals surface area contributed by atoms with Gasteiger partial charge in [0.1, 0.15) is 36.1 Å². The van der Waals surface area contributed by atoms with Crippen molar-refractivity contribution in [2.24, 2.45) is 0 Å². The fourth-order valence-electron chi connectivity index (χ4n) is 4.33. The predicted octanol–water partition coefficient (Wildman–Crippen LogP) is 3.63. The second-order valence-electron chi connectivity index (χ2n) is 7.66. The van der Waals surface area contributed by atoms with Gasteiger partial charge in [-0.05, 0) is 47.0 Å². The quantitative estimate of drug-likeness (QED) is 0.592. The van der Waals surface area contributed by atoms with E-state index < -0.39 is 5.60 Å². The largest absolute Gasteiger partial charge is 0.504 e. The molecule has 0 saturated carbocycles. The molecule has 5 rings (SSSR count). The second-order valence-corrected chi connectivity index (χ2v) is 7.66. The maximum Gasteiger partial charge on any atom is 0.157 e. The number of phenolic OH excluding ortho intramolecular Hbond substituents is 2. The lowest BCUT2D eigenvalue weighted by atomic mass is 9.80. The van der Waals surface area contributed by atoms with Crippen LogP contribution >= 0.6 is 0 Å². The van der Waals surface area contributed by atoms with Crippen LogP contribution in [0.2, 0.25) is 0 Å². The van der Waals surface area contributed by atoms with Crippen LogP contribution in [0.3, 0.4) is 0 Å². The molecule has 3 aromatic carbocycles. The molecule has 6 heteroatoms. The van der Waals surface area contributed by atoms with Gasteiger partial charge in [-0.3, -0.25) is 0 Å². The fraction of sp³-hybridized carbons (Fsp3) is 0.217. The van der Waals surface area contributed by atoms with Crippen molar-refractivity contribution in [3.05, 3.63) is 82.7 Å². The number of halogens is 1. The van der Waals surface area contributed by atoms with Crippen molar-refractivity contribution >= 4 is 0 Å². The summed E-state index contributed by atoms with van der Waals surface area (Å²) in [5.41, 5.74) is 1.94. The van der Waals surface area contributed by atoms with E-state index in [1.54, 1.807) is 24.3 Å². The van der Waals surface area contributed by atoms with Gasteiger partial charge in [-0.2, -0.15) is 0 Å². The molecule has 0 radical (unpaired) electrons. The standard InChI is InChI=1S/C23H19FO5/c24-15-3-1-2-13(6-15)11-28-16-4-5-17-21(8-16)29-12-23(27)10-14-7-19(25)20(26)9-18(14)22(17)23/h1-9,22,25-27H,10-12H2/t22-,23+/m0/s1. The van der Waals surface area contributed by atoms with Gasteiger partial charge in [-0.15, -0.1) is 0 Å². The van der Waals surface area contributed by atoms with Gasteiger partial charge < -0.3 is 24.8 Å². The van der Waals surface area contributed by atoms with E-state index in [0.29, 0.717) is 17.9 Å². The highest BCUT2D eigenvalue weighted by atomic mass is 19.1.